The minimum Gasteiger partial charge on any atom is -0.679 e. The number of likely N-dealkylation sites (N-methyl/N-ethyl adjacent to an activating group) is 1. The molecule has 0 aliphatic carbocycles. The van der Waals surface area contributed by atoms with Crippen LogP contribution in [0.5, 0.6) is 0 Å². The first-order valence-corrected chi connectivity index (χ1v) is 11.9. The molecular weight excluding hydrogens is 482 g/mol. The Hall–Kier alpha value is -5.05. The monoisotopic (exact) mass is 510 g/mol. The molecule has 38 heavy (non-hydrogen) atoms. The first kappa shape index (κ1) is 26.0. The van der Waals surface area contributed by atoms with E-state index in [0.717, 1.165) is 11.4 Å². The topological polar surface area (TPSA) is 134 Å². The molecule has 0 fully saturated rings. The third-order valence-electron chi connectivity index (χ3n) is 6.21. The number of rotatable bonds is 8. The summed E-state index contributed by atoms with van der Waals surface area (Å²) in [5.74, 6) is -1.65. The summed E-state index contributed by atoms with van der Waals surface area (Å²) in [6.07, 6.45) is 9.11. The van der Waals surface area contributed by atoms with Gasteiger partial charge in [0.25, 0.3) is 0 Å². The van der Waals surface area contributed by atoms with E-state index in [1.54, 1.807) is 37.4 Å². The lowest BCUT2D eigenvalue weighted by Gasteiger charge is -2.44. The van der Waals surface area contributed by atoms with Gasteiger partial charge in [-0.1, -0.05) is 48.5 Å². The third-order valence-corrected chi connectivity index (χ3v) is 6.21. The standard InChI is InChI=1S/C29H28N5O4/c1-3-19(28(35)36)14-23(30)25-15-20(29(37)38)16-26(33(25)2)24-17-32-27(18-31-24)34(21-10-6-4-7-11-21)22-12-8-5-9-13-22/h3-18,24,26H,30H2,1-2H3,(H,35,36)(H,37,38)/q-1/b19-3+,23-14-. The van der Waals surface area contributed by atoms with E-state index in [0.29, 0.717) is 11.5 Å². The van der Waals surface area contributed by atoms with Crippen molar-refractivity contribution in [1.82, 2.24) is 4.90 Å². The number of aliphatic imine (C=N–C) groups is 1. The smallest absolute Gasteiger partial charge is 0.335 e. The summed E-state index contributed by atoms with van der Waals surface area (Å²) in [5, 5.41) is 23.8. The first-order chi connectivity index (χ1) is 18.3. The highest BCUT2D eigenvalue weighted by atomic mass is 16.4. The van der Waals surface area contributed by atoms with Crippen molar-refractivity contribution < 1.29 is 19.8 Å². The SMILES string of the molecule is C/C=C(\C=C(/N)C1=CC(C(=O)O)=CC(C2C=NC(N(c3ccccc3)c3ccccc3)=C[N-]2)N1C)C(=O)O. The van der Waals surface area contributed by atoms with Crippen molar-refractivity contribution in [2.45, 2.75) is 19.0 Å². The molecule has 0 aromatic heterocycles. The number of carboxylic acid groups (broad SMARTS) is 2. The highest BCUT2D eigenvalue weighted by Gasteiger charge is 2.28. The molecule has 2 aromatic rings. The zero-order valence-electron chi connectivity index (χ0n) is 21.0. The molecule has 0 bridgehead atoms. The van der Waals surface area contributed by atoms with Gasteiger partial charge in [-0.3, -0.25) is 4.90 Å². The normalized spacial score (nSPS) is 19.6. The van der Waals surface area contributed by atoms with Gasteiger partial charge in [0.2, 0.25) is 0 Å². The molecule has 0 saturated heterocycles. The second-order valence-corrected chi connectivity index (χ2v) is 8.62. The molecule has 194 valence electrons. The fraction of sp³-hybridized carbons (Fsp3) is 0.138. The van der Waals surface area contributed by atoms with E-state index in [1.165, 1.54) is 18.2 Å². The van der Waals surface area contributed by atoms with Crippen molar-refractivity contribution in [3.63, 3.8) is 0 Å². The fourth-order valence-electron chi connectivity index (χ4n) is 4.25. The van der Waals surface area contributed by atoms with Crippen LogP contribution in [-0.4, -0.2) is 52.4 Å². The van der Waals surface area contributed by atoms with Crippen LogP contribution in [0.3, 0.4) is 0 Å². The molecule has 0 spiro atoms. The summed E-state index contributed by atoms with van der Waals surface area (Å²) in [4.78, 5) is 31.8. The average Bonchev–Trinajstić information content (AvgIpc) is 2.93. The predicted octanol–water partition coefficient (Wildman–Crippen LogP) is 4.53. The molecule has 0 saturated carbocycles. The van der Waals surface area contributed by atoms with Gasteiger partial charge >= 0.3 is 11.9 Å². The number of nitrogens with two attached hydrogens (primary N) is 1. The summed E-state index contributed by atoms with van der Waals surface area (Å²) in [6.45, 7) is 1.59. The Labute approximate surface area is 220 Å². The van der Waals surface area contributed by atoms with Crippen LogP contribution < -0.4 is 10.6 Å². The van der Waals surface area contributed by atoms with Crippen LogP contribution in [0.1, 0.15) is 6.92 Å². The molecule has 4 N–H and O–H groups in total. The lowest BCUT2D eigenvalue weighted by atomic mass is 9.96. The summed E-state index contributed by atoms with van der Waals surface area (Å²) >= 11 is 0. The van der Waals surface area contributed by atoms with Gasteiger partial charge in [0.15, 0.2) is 0 Å². The molecule has 2 heterocycles. The van der Waals surface area contributed by atoms with Crippen LogP contribution in [-0.2, 0) is 9.59 Å². The highest BCUT2D eigenvalue weighted by Crippen LogP contribution is 2.34. The molecular formula is C29H28N5O4-. The van der Waals surface area contributed by atoms with Gasteiger partial charge < -0.3 is 26.2 Å². The van der Waals surface area contributed by atoms with Crippen LogP contribution in [0.2, 0.25) is 0 Å². The van der Waals surface area contributed by atoms with Crippen LogP contribution in [0.4, 0.5) is 11.4 Å². The third kappa shape index (κ3) is 5.52. The summed E-state index contributed by atoms with van der Waals surface area (Å²) in [5.41, 5.74) is 8.61. The van der Waals surface area contributed by atoms with E-state index in [-0.39, 0.29) is 16.8 Å². The van der Waals surface area contributed by atoms with E-state index in [9.17, 15) is 19.8 Å². The highest BCUT2D eigenvalue weighted by molar-refractivity contribution is 5.92. The molecule has 9 nitrogen and oxygen atoms in total. The zero-order valence-corrected chi connectivity index (χ0v) is 21.0. The zero-order chi connectivity index (χ0) is 27.2. The molecule has 2 aliphatic heterocycles. The number of benzene rings is 2. The Bertz CT molecular complexity index is 1350. The van der Waals surface area contributed by atoms with Crippen molar-refractivity contribution in [1.29, 1.82) is 0 Å². The second kappa shape index (κ2) is 11.3. The quantitative estimate of drug-likeness (QED) is 0.351. The van der Waals surface area contributed by atoms with Gasteiger partial charge in [0, 0.05) is 24.5 Å². The van der Waals surface area contributed by atoms with Crippen LogP contribution >= 0.6 is 0 Å². The van der Waals surface area contributed by atoms with Crippen LogP contribution in [0.15, 0.2) is 125 Å². The molecule has 0 radical (unpaired) electrons. The fourth-order valence-corrected chi connectivity index (χ4v) is 4.25. The number of hydrogen-bond acceptors (Lipinski definition) is 6. The largest absolute Gasteiger partial charge is 0.679 e. The Morgan fingerprint density at radius 2 is 1.66 bits per heavy atom. The van der Waals surface area contributed by atoms with Crippen LogP contribution in [0, 0.1) is 0 Å². The van der Waals surface area contributed by atoms with E-state index in [1.807, 2.05) is 65.6 Å². The van der Waals surface area contributed by atoms with E-state index < -0.39 is 24.0 Å². The summed E-state index contributed by atoms with van der Waals surface area (Å²) in [6, 6.07) is 18.6. The lowest BCUT2D eigenvalue weighted by Crippen LogP contribution is -2.43. The minimum absolute atomic E-state index is 0.00168. The van der Waals surface area contributed by atoms with E-state index >= 15 is 0 Å². The molecule has 9 heteroatoms. The molecule has 4 rings (SSSR count). The molecule has 2 aromatic carbocycles. The first-order valence-electron chi connectivity index (χ1n) is 11.9. The van der Waals surface area contributed by atoms with Gasteiger partial charge in [-0.15, -0.1) is 6.20 Å². The second-order valence-electron chi connectivity index (χ2n) is 8.62. The average molecular weight is 511 g/mol. The van der Waals surface area contributed by atoms with Gasteiger partial charge in [0.05, 0.1) is 22.5 Å². The maximum Gasteiger partial charge on any atom is 0.335 e. The number of anilines is 2. The maximum absolute atomic E-state index is 11.9. The van der Waals surface area contributed by atoms with Crippen molar-refractivity contribution in [2.24, 2.45) is 10.7 Å². The molecule has 2 atom stereocenters. The van der Waals surface area contributed by atoms with Crippen LogP contribution in [0.25, 0.3) is 5.32 Å². The van der Waals surface area contributed by atoms with Gasteiger partial charge in [-0.2, -0.15) is 0 Å². The number of allylic oxidation sites excluding steroid dienone is 1. The van der Waals surface area contributed by atoms with Crippen molar-refractivity contribution in [2.75, 3.05) is 11.9 Å². The van der Waals surface area contributed by atoms with Crippen molar-refractivity contribution in [3.8, 4) is 0 Å². The number of carboxylic acids is 2. The summed E-state index contributed by atoms with van der Waals surface area (Å²) < 4.78 is 0. The number of hydrogen-bond donors (Lipinski definition) is 3. The van der Waals surface area contributed by atoms with Crippen molar-refractivity contribution >= 4 is 29.5 Å². The van der Waals surface area contributed by atoms with Gasteiger partial charge in [-0.05, 0) is 55.6 Å². The van der Waals surface area contributed by atoms with Gasteiger partial charge in [0.1, 0.15) is 5.82 Å². The molecule has 2 unspecified atom stereocenters. The van der Waals surface area contributed by atoms with E-state index in [4.69, 9.17) is 16.0 Å². The maximum atomic E-state index is 11.9. The molecule has 0 amide bonds. The number of carbonyl (C=O) groups is 2. The van der Waals surface area contributed by atoms with Gasteiger partial charge in [-0.25, -0.2) is 14.6 Å². The summed E-state index contributed by atoms with van der Waals surface area (Å²) in [7, 11) is 1.76. The Morgan fingerprint density at radius 1 is 1.05 bits per heavy atom. The number of nitrogens with zero attached hydrogens (tertiary/aromatic N) is 4. The minimum atomic E-state index is -1.13. The van der Waals surface area contributed by atoms with E-state index in [2.05, 4.69) is 0 Å². The Kier molecular flexibility index (Phi) is 7.77. The predicted molar refractivity (Wildman–Crippen MR) is 148 cm³/mol. The Balaban J connectivity index is 1.63. The van der Waals surface area contributed by atoms with Crippen molar-refractivity contribution in [3.05, 3.63) is 125 Å². The number of aliphatic carboxylic acids is 2. The lowest BCUT2D eigenvalue weighted by molar-refractivity contribution is -0.133. The molecule has 2 aliphatic rings. The number of para-hydroxylation sites is 2. The Morgan fingerprint density at radius 3 is 2.13 bits per heavy atom.